The number of carbonyl (C=O) groups excluding carboxylic acids is 2. The molecule has 0 aliphatic carbocycles. The molecule has 4 nitrogen and oxygen atoms in total. The molecule has 1 saturated heterocycles. The molecule has 1 aromatic carbocycles. The first-order valence-electron chi connectivity index (χ1n) is 7.93. The van der Waals surface area contributed by atoms with E-state index in [1.54, 1.807) is 0 Å². The van der Waals surface area contributed by atoms with Gasteiger partial charge < -0.3 is 4.74 Å². The second-order valence-corrected chi connectivity index (χ2v) is 7.57. The average molecular weight is 364 g/mol. The molecular weight excluding hydrogens is 342 g/mol. The highest BCUT2D eigenvalue weighted by Gasteiger charge is 2.32. The van der Waals surface area contributed by atoms with Gasteiger partial charge in [0, 0.05) is 6.54 Å². The molecule has 1 heterocycles. The topological polar surface area (TPSA) is 46.6 Å². The van der Waals surface area contributed by atoms with Crippen LogP contribution in [0, 0.1) is 5.92 Å². The third-order valence-electron chi connectivity index (χ3n) is 3.47. The number of thiocarbonyl (C=S) groups is 1. The Morgan fingerprint density at radius 1 is 1.33 bits per heavy atom. The first-order valence-corrected chi connectivity index (χ1v) is 9.16. The number of hydrogen-bond acceptors (Lipinski definition) is 5. The van der Waals surface area contributed by atoms with Crippen LogP contribution in [0.25, 0.3) is 6.08 Å². The Hall–Kier alpha value is -1.66. The molecule has 0 unspecified atom stereocenters. The van der Waals surface area contributed by atoms with E-state index in [4.69, 9.17) is 17.0 Å². The van der Waals surface area contributed by atoms with Crippen molar-refractivity contribution in [1.29, 1.82) is 0 Å². The standard InChI is InChI=1S/C18H21NO3S2/c1-13(2)9-11-22-16(20)8-10-19-17(21)15(24-18(19)23)12-14-6-4-3-5-7-14/h3-7,12-13H,8-11H2,1-2H3. The molecule has 128 valence electrons. The minimum atomic E-state index is -0.295. The summed E-state index contributed by atoms with van der Waals surface area (Å²) in [5.74, 6) is 0.0493. The lowest BCUT2D eigenvalue weighted by atomic mass is 10.1. The molecule has 0 spiro atoms. The highest BCUT2D eigenvalue weighted by Crippen LogP contribution is 2.32. The quantitative estimate of drug-likeness (QED) is 0.418. The van der Waals surface area contributed by atoms with Gasteiger partial charge in [-0.25, -0.2) is 0 Å². The van der Waals surface area contributed by atoms with Gasteiger partial charge in [0.15, 0.2) is 0 Å². The lowest BCUT2D eigenvalue weighted by Crippen LogP contribution is -2.30. The van der Waals surface area contributed by atoms with Crippen LogP contribution in [0.2, 0.25) is 0 Å². The van der Waals surface area contributed by atoms with Gasteiger partial charge in [-0.2, -0.15) is 0 Å². The summed E-state index contributed by atoms with van der Waals surface area (Å²) < 4.78 is 5.65. The van der Waals surface area contributed by atoms with Crippen LogP contribution in [-0.2, 0) is 14.3 Å². The monoisotopic (exact) mass is 363 g/mol. The van der Waals surface area contributed by atoms with Crippen molar-refractivity contribution in [3.63, 3.8) is 0 Å². The summed E-state index contributed by atoms with van der Waals surface area (Å²) in [7, 11) is 0. The van der Waals surface area contributed by atoms with Gasteiger partial charge >= 0.3 is 5.97 Å². The zero-order chi connectivity index (χ0) is 17.5. The number of ether oxygens (including phenoxy) is 1. The van der Waals surface area contributed by atoms with E-state index < -0.39 is 0 Å². The number of amides is 1. The second-order valence-electron chi connectivity index (χ2n) is 5.90. The normalized spacial score (nSPS) is 16.3. The Labute approximate surface area is 152 Å². The first kappa shape index (κ1) is 18.7. The van der Waals surface area contributed by atoms with Crippen molar-refractivity contribution in [1.82, 2.24) is 4.90 Å². The van der Waals surface area contributed by atoms with Crippen molar-refractivity contribution in [3.05, 3.63) is 40.8 Å². The van der Waals surface area contributed by atoms with Crippen molar-refractivity contribution >= 4 is 46.3 Å². The smallest absolute Gasteiger partial charge is 0.307 e. The Bertz CT molecular complexity index is 641. The van der Waals surface area contributed by atoms with Gasteiger partial charge in [0.05, 0.1) is 17.9 Å². The Morgan fingerprint density at radius 2 is 2.04 bits per heavy atom. The molecular formula is C18H21NO3S2. The van der Waals surface area contributed by atoms with Crippen LogP contribution in [0.3, 0.4) is 0 Å². The van der Waals surface area contributed by atoms with E-state index in [9.17, 15) is 9.59 Å². The molecule has 0 atom stereocenters. The highest BCUT2D eigenvalue weighted by atomic mass is 32.2. The van der Waals surface area contributed by atoms with E-state index in [1.807, 2.05) is 36.4 Å². The number of esters is 1. The van der Waals surface area contributed by atoms with Gasteiger partial charge in [-0.1, -0.05) is 68.2 Å². The molecule has 0 N–H and O–H groups in total. The minimum absolute atomic E-state index is 0.149. The number of thioether (sulfide) groups is 1. The van der Waals surface area contributed by atoms with Crippen molar-refractivity contribution < 1.29 is 14.3 Å². The van der Waals surface area contributed by atoms with Crippen LogP contribution >= 0.6 is 24.0 Å². The fourth-order valence-electron chi connectivity index (χ4n) is 2.08. The highest BCUT2D eigenvalue weighted by molar-refractivity contribution is 8.26. The molecule has 1 aliphatic heterocycles. The molecule has 1 amide bonds. The SMILES string of the molecule is CC(C)CCOC(=O)CCN1C(=O)C(=Cc2ccccc2)SC1=S. The van der Waals surface area contributed by atoms with Crippen LogP contribution in [0.15, 0.2) is 35.2 Å². The number of carbonyl (C=O) groups is 2. The predicted molar refractivity (Wildman–Crippen MR) is 101 cm³/mol. The Morgan fingerprint density at radius 3 is 2.71 bits per heavy atom. The van der Waals surface area contributed by atoms with E-state index in [2.05, 4.69) is 13.8 Å². The molecule has 2 rings (SSSR count). The zero-order valence-corrected chi connectivity index (χ0v) is 15.5. The van der Waals surface area contributed by atoms with Crippen molar-refractivity contribution in [3.8, 4) is 0 Å². The van der Waals surface area contributed by atoms with Gasteiger partial charge in [0.2, 0.25) is 0 Å². The zero-order valence-electron chi connectivity index (χ0n) is 13.9. The van der Waals surface area contributed by atoms with Crippen molar-refractivity contribution in [2.75, 3.05) is 13.2 Å². The third kappa shape index (κ3) is 5.46. The fraction of sp³-hybridized carbons (Fsp3) is 0.389. The number of rotatable bonds is 7. The van der Waals surface area contributed by atoms with Crippen molar-refractivity contribution in [2.45, 2.75) is 26.7 Å². The number of hydrogen-bond donors (Lipinski definition) is 0. The minimum Gasteiger partial charge on any atom is -0.466 e. The second kappa shape index (κ2) is 8.99. The van der Waals surface area contributed by atoms with Crippen LogP contribution in [0.5, 0.6) is 0 Å². The lowest BCUT2D eigenvalue weighted by Gasteiger charge is -2.14. The summed E-state index contributed by atoms with van der Waals surface area (Å²) in [5.41, 5.74) is 0.950. The maximum atomic E-state index is 12.4. The molecule has 6 heteroatoms. The summed E-state index contributed by atoms with van der Waals surface area (Å²) in [6.45, 7) is 4.83. The molecule has 1 aliphatic rings. The molecule has 1 fully saturated rings. The molecule has 0 saturated carbocycles. The Kier molecular flexibility index (Phi) is 6.99. The van der Waals surface area contributed by atoms with E-state index in [-0.39, 0.29) is 24.8 Å². The van der Waals surface area contributed by atoms with Gasteiger partial charge in [-0.05, 0) is 24.0 Å². The maximum Gasteiger partial charge on any atom is 0.307 e. The van der Waals surface area contributed by atoms with Crippen LogP contribution in [0.4, 0.5) is 0 Å². The van der Waals surface area contributed by atoms with Crippen LogP contribution in [-0.4, -0.2) is 34.2 Å². The average Bonchev–Trinajstić information content (AvgIpc) is 2.80. The van der Waals surface area contributed by atoms with E-state index in [1.165, 1.54) is 16.7 Å². The summed E-state index contributed by atoms with van der Waals surface area (Å²) in [4.78, 5) is 26.2. The summed E-state index contributed by atoms with van der Waals surface area (Å²) in [5, 5.41) is 0. The summed E-state index contributed by atoms with van der Waals surface area (Å²) >= 11 is 6.53. The van der Waals surface area contributed by atoms with Gasteiger partial charge in [0.1, 0.15) is 4.32 Å². The summed E-state index contributed by atoms with van der Waals surface area (Å²) in [6, 6.07) is 9.62. The first-order chi connectivity index (χ1) is 11.5. The Balaban J connectivity index is 1.88. The molecule has 0 bridgehead atoms. The van der Waals surface area contributed by atoms with Gasteiger partial charge in [0.25, 0.3) is 5.91 Å². The number of nitrogens with zero attached hydrogens (tertiary/aromatic N) is 1. The van der Waals surface area contributed by atoms with Gasteiger partial charge in [-0.15, -0.1) is 0 Å². The fourth-order valence-corrected chi connectivity index (χ4v) is 3.39. The largest absolute Gasteiger partial charge is 0.466 e. The molecule has 0 aromatic heterocycles. The van der Waals surface area contributed by atoms with Gasteiger partial charge in [-0.3, -0.25) is 14.5 Å². The van der Waals surface area contributed by atoms with E-state index in [0.717, 1.165) is 12.0 Å². The molecule has 24 heavy (non-hydrogen) atoms. The van der Waals surface area contributed by atoms with Crippen molar-refractivity contribution in [2.24, 2.45) is 5.92 Å². The van der Waals surface area contributed by atoms with E-state index in [0.29, 0.717) is 21.8 Å². The summed E-state index contributed by atoms with van der Waals surface area (Å²) in [6.07, 6.45) is 2.82. The maximum absolute atomic E-state index is 12.4. The third-order valence-corrected chi connectivity index (χ3v) is 4.85. The van der Waals surface area contributed by atoms with Crippen LogP contribution < -0.4 is 0 Å². The lowest BCUT2D eigenvalue weighted by molar-refractivity contribution is -0.144. The molecule has 1 aromatic rings. The van der Waals surface area contributed by atoms with Crippen LogP contribution in [0.1, 0.15) is 32.3 Å². The number of benzene rings is 1. The predicted octanol–water partition coefficient (Wildman–Crippen LogP) is 3.87. The van der Waals surface area contributed by atoms with E-state index >= 15 is 0 Å². The molecule has 0 radical (unpaired) electrons.